The van der Waals surface area contributed by atoms with Crippen molar-refractivity contribution in [2.75, 3.05) is 12.4 Å². The maximum absolute atomic E-state index is 14.0. The van der Waals surface area contributed by atoms with Crippen LogP contribution in [0.1, 0.15) is 18.5 Å². The van der Waals surface area contributed by atoms with E-state index in [-0.39, 0.29) is 11.9 Å². The number of anilines is 1. The summed E-state index contributed by atoms with van der Waals surface area (Å²) in [5.41, 5.74) is 1.31. The Hall–Kier alpha value is -1.26. The van der Waals surface area contributed by atoms with Gasteiger partial charge in [0.1, 0.15) is 11.6 Å². The Morgan fingerprint density at radius 3 is 2.65 bits per heavy atom. The monoisotopic (exact) mass is 357 g/mol. The van der Waals surface area contributed by atoms with Crippen LogP contribution in [0, 0.1) is 5.82 Å². The first kappa shape index (κ1) is 15.1. The lowest BCUT2D eigenvalue weighted by Gasteiger charge is -2.18. The Bertz CT molecular complexity index is 621. The molecule has 1 atom stereocenters. The van der Waals surface area contributed by atoms with Crippen molar-refractivity contribution >= 4 is 33.2 Å². The average Bonchev–Trinajstić information content (AvgIpc) is 2.42. The van der Waals surface area contributed by atoms with Crippen LogP contribution in [-0.4, -0.2) is 7.11 Å². The topological polar surface area (TPSA) is 21.3 Å². The normalized spacial score (nSPS) is 12.1. The third-order valence-corrected chi connectivity index (χ3v) is 3.80. The summed E-state index contributed by atoms with van der Waals surface area (Å²) in [7, 11) is 1.51. The largest absolute Gasteiger partial charge is 0.497 e. The summed E-state index contributed by atoms with van der Waals surface area (Å²) in [6.07, 6.45) is 0. The molecule has 0 amide bonds. The van der Waals surface area contributed by atoms with Crippen LogP contribution in [0.15, 0.2) is 40.9 Å². The predicted molar refractivity (Wildman–Crippen MR) is 84.1 cm³/mol. The SMILES string of the molecule is COc1ccc(C(C)Nc2cc(Br)ccc2Cl)c(F)c1. The van der Waals surface area contributed by atoms with Crippen LogP contribution in [0.5, 0.6) is 5.75 Å². The van der Waals surface area contributed by atoms with Crippen molar-refractivity contribution < 1.29 is 9.13 Å². The van der Waals surface area contributed by atoms with Crippen molar-refractivity contribution in [3.05, 3.63) is 57.3 Å². The highest BCUT2D eigenvalue weighted by atomic mass is 79.9. The van der Waals surface area contributed by atoms with Crippen LogP contribution in [0.4, 0.5) is 10.1 Å². The molecule has 0 bridgehead atoms. The van der Waals surface area contributed by atoms with Gasteiger partial charge in [0.2, 0.25) is 0 Å². The van der Waals surface area contributed by atoms with Gasteiger partial charge < -0.3 is 10.1 Å². The third kappa shape index (κ3) is 3.44. The molecule has 1 unspecified atom stereocenters. The molecule has 0 saturated heterocycles. The highest BCUT2D eigenvalue weighted by molar-refractivity contribution is 9.10. The minimum Gasteiger partial charge on any atom is -0.497 e. The van der Waals surface area contributed by atoms with E-state index < -0.39 is 0 Å². The van der Waals surface area contributed by atoms with E-state index >= 15 is 0 Å². The number of methoxy groups -OCH3 is 1. The molecule has 0 aliphatic carbocycles. The standard InChI is InChI=1S/C15H14BrClFNO/c1-9(12-5-4-11(20-2)8-14(12)18)19-15-7-10(16)3-6-13(15)17/h3-9,19H,1-2H3. The van der Waals surface area contributed by atoms with Gasteiger partial charge in [-0.05, 0) is 31.2 Å². The van der Waals surface area contributed by atoms with Crippen LogP contribution in [-0.2, 0) is 0 Å². The average molecular weight is 359 g/mol. The Kier molecular flexibility index (Phi) is 4.89. The summed E-state index contributed by atoms with van der Waals surface area (Å²) in [5, 5.41) is 3.79. The molecule has 2 nitrogen and oxygen atoms in total. The fraction of sp³-hybridized carbons (Fsp3) is 0.200. The highest BCUT2D eigenvalue weighted by Crippen LogP contribution is 2.30. The molecular weight excluding hydrogens is 345 g/mol. The number of hydrogen-bond donors (Lipinski definition) is 1. The van der Waals surface area contributed by atoms with Gasteiger partial charge in [-0.25, -0.2) is 4.39 Å². The van der Waals surface area contributed by atoms with E-state index in [1.54, 1.807) is 18.2 Å². The van der Waals surface area contributed by atoms with Gasteiger partial charge in [0.25, 0.3) is 0 Å². The Balaban J connectivity index is 2.23. The molecule has 5 heteroatoms. The van der Waals surface area contributed by atoms with E-state index in [0.29, 0.717) is 16.3 Å². The zero-order chi connectivity index (χ0) is 14.7. The fourth-order valence-electron chi connectivity index (χ4n) is 1.91. The summed E-state index contributed by atoms with van der Waals surface area (Å²) in [5.74, 6) is 0.189. The minimum absolute atomic E-state index is 0.215. The first-order valence-corrected chi connectivity index (χ1v) is 7.23. The van der Waals surface area contributed by atoms with Crippen molar-refractivity contribution in [1.29, 1.82) is 0 Å². The molecule has 0 heterocycles. The number of hydrogen-bond acceptors (Lipinski definition) is 2. The van der Waals surface area contributed by atoms with Crippen molar-refractivity contribution in [2.24, 2.45) is 0 Å². The molecule has 0 spiro atoms. The number of rotatable bonds is 4. The maximum Gasteiger partial charge on any atom is 0.132 e. The van der Waals surface area contributed by atoms with E-state index in [0.717, 1.165) is 10.2 Å². The molecule has 0 aromatic heterocycles. The predicted octanol–water partition coefficient (Wildman–Crippen LogP) is 5.42. The lowest BCUT2D eigenvalue weighted by molar-refractivity contribution is 0.410. The van der Waals surface area contributed by atoms with E-state index in [4.69, 9.17) is 16.3 Å². The van der Waals surface area contributed by atoms with Crippen molar-refractivity contribution in [3.8, 4) is 5.75 Å². The van der Waals surface area contributed by atoms with Crippen molar-refractivity contribution in [2.45, 2.75) is 13.0 Å². The number of nitrogens with one attached hydrogen (secondary N) is 1. The lowest BCUT2D eigenvalue weighted by Crippen LogP contribution is -2.09. The van der Waals surface area contributed by atoms with Gasteiger partial charge in [0, 0.05) is 16.1 Å². The summed E-state index contributed by atoms with van der Waals surface area (Å²) >= 11 is 9.50. The summed E-state index contributed by atoms with van der Waals surface area (Å²) in [4.78, 5) is 0. The third-order valence-electron chi connectivity index (χ3n) is 2.97. The van der Waals surface area contributed by atoms with Gasteiger partial charge in [0.05, 0.1) is 23.9 Å². The number of ether oxygens (including phenoxy) is 1. The van der Waals surface area contributed by atoms with Crippen LogP contribution in [0.25, 0.3) is 0 Å². The Labute approximate surface area is 131 Å². The maximum atomic E-state index is 14.0. The zero-order valence-corrected chi connectivity index (χ0v) is 13.4. The van der Waals surface area contributed by atoms with E-state index in [1.807, 2.05) is 19.1 Å². The van der Waals surface area contributed by atoms with E-state index in [9.17, 15) is 4.39 Å². The van der Waals surface area contributed by atoms with Crippen molar-refractivity contribution in [1.82, 2.24) is 0 Å². The van der Waals surface area contributed by atoms with Gasteiger partial charge >= 0.3 is 0 Å². The first-order chi connectivity index (χ1) is 9.51. The minimum atomic E-state index is -0.310. The highest BCUT2D eigenvalue weighted by Gasteiger charge is 2.13. The summed E-state index contributed by atoms with van der Waals surface area (Å²) < 4.78 is 19.9. The van der Waals surface area contributed by atoms with Gasteiger partial charge in [-0.1, -0.05) is 33.6 Å². The van der Waals surface area contributed by atoms with Crippen LogP contribution < -0.4 is 10.1 Å². The van der Waals surface area contributed by atoms with E-state index in [2.05, 4.69) is 21.2 Å². The van der Waals surface area contributed by atoms with Gasteiger partial charge in [-0.2, -0.15) is 0 Å². The van der Waals surface area contributed by atoms with E-state index in [1.165, 1.54) is 13.2 Å². The smallest absolute Gasteiger partial charge is 0.132 e. The molecule has 1 N–H and O–H groups in total. The number of halogens is 3. The lowest BCUT2D eigenvalue weighted by atomic mass is 10.1. The molecule has 0 aliphatic heterocycles. The van der Waals surface area contributed by atoms with Crippen LogP contribution >= 0.6 is 27.5 Å². The van der Waals surface area contributed by atoms with Gasteiger partial charge in [0.15, 0.2) is 0 Å². The second-order valence-corrected chi connectivity index (χ2v) is 5.70. The van der Waals surface area contributed by atoms with Gasteiger partial charge in [-0.15, -0.1) is 0 Å². The molecule has 0 saturated carbocycles. The second kappa shape index (κ2) is 6.46. The first-order valence-electron chi connectivity index (χ1n) is 6.06. The molecular formula is C15H14BrClFNO. The van der Waals surface area contributed by atoms with Crippen LogP contribution in [0.2, 0.25) is 5.02 Å². The molecule has 2 rings (SSSR count). The number of benzene rings is 2. The zero-order valence-electron chi connectivity index (χ0n) is 11.1. The Morgan fingerprint density at radius 2 is 2.00 bits per heavy atom. The summed E-state index contributed by atoms with van der Waals surface area (Å²) in [6.45, 7) is 1.88. The molecule has 0 radical (unpaired) electrons. The molecule has 0 fully saturated rings. The van der Waals surface area contributed by atoms with Crippen molar-refractivity contribution in [3.63, 3.8) is 0 Å². The summed E-state index contributed by atoms with van der Waals surface area (Å²) in [6, 6.07) is 10.1. The molecule has 106 valence electrons. The molecule has 20 heavy (non-hydrogen) atoms. The fourth-order valence-corrected chi connectivity index (χ4v) is 2.44. The Morgan fingerprint density at radius 1 is 1.25 bits per heavy atom. The van der Waals surface area contributed by atoms with Crippen LogP contribution in [0.3, 0.4) is 0 Å². The quantitative estimate of drug-likeness (QED) is 0.787. The molecule has 2 aromatic rings. The molecule has 0 aliphatic rings. The second-order valence-electron chi connectivity index (χ2n) is 4.38. The molecule has 2 aromatic carbocycles. The van der Waals surface area contributed by atoms with Gasteiger partial charge in [-0.3, -0.25) is 0 Å².